The van der Waals surface area contributed by atoms with Crippen LogP contribution in [0.15, 0.2) is 200 Å². The van der Waals surface area contributed by atoms with Gasteiger partial charge in [0.1, 0.15) is 5.65 Å². The smallest absolute Gasteiger partial charge is 0.238 e. The number of hydrogen-bond donors (Lipinski definition) is 0. The lowest BCUT2D eigenvalue weighted by Crippen LogP contribution is -2.06. The molecular formula is C53H33N7. The summed E-state index contributed by atoms with van der Waals surface area (Å²) in [6.07, 6.45) is 0. The second kappa shape index (κ2) is 12.6. The highest BCUT2D eigenvalue weighted by Gasteiger charge is 2.24. The molecule has 5 heterocycles. The van der Waals surface area contributed by atoms with Gasteiger partial charge in [0.05, 0.1) is 38.6 Å². The van der Waals surface area contributed by atoms with E-state index in [-0.39, 0.29) is 0 Å². The van der Waals surface area contributed by atoms with Crippen molar-refractivity contribution in [2.24, 2.45) is 0 Å². The van der Waals surface area contributed by atoms with Crippen LogP contribution in [0.1, 0.15) is 0 Å². The van der Waals surface area contributed by atoms with E-state index in [1.165, 1.54) is 16.4 Å². The van der Waals surface area contributed by atoms with Crippen molar-refractivity contribution in [1.82, 2.24) is 33.1 Å². The Morgan fingerprint density at radius 2 is 0.900 bits per heavy atom. The summed E-state index contributed by atoms with van der Waals surface area (Å²) < 4.78 is 9.42. The number of hydrogen-bond acceptors (Lipinski definition) is 3. The largest absolute Gasteiger partial charge is 0.309 e. The van der Waals surface area contributed by atoms with Crippen molar-refractivity contribution < 1.29 is 0 Å². The van der Waals surface area contributed by atoms with Gasteiger partial charge in [-0.3, -0.25) is 13.5 Å². The molecule has 5 aromatic heterocycles. The van der Waals surface area contributed by atoms with Crippen molar-refractivity contribution >= 4 is 71.2 Å². The lowest BCUT2D eigenvalue weighted by molar-refractivity contribution is 0.955. The number of aromatic nitrogens is 7. The molecule has 60 heavy (non-hydrogen) atoms. The molecule has 0 aliphatic heterocycles. The zero-order valence-corrected chi connectivity index (χ0v) is 32.2. The van der Waals surface area contributed by atoms with Crippen LogP contribution in [0.25, 0.3) is 111 Å². The van der Waals surface area contributed by atoms with Crippen molar-refractivity contribution in [3.05, 3.63) is 200 Å². The third-order valence-electron chi connectivity index (χ3n) is 12.0. The van der Waals surface area contributed by atoms with E-state index in [1.807, 2.05) is 36.4 Å². The van der Waals surface area contributed by atoms with E-state index in [9.17, 15) is 0 Å². The number of benzene rings is 8. The maximum atomic E-state index is 5.26. The summed E-state index contributed by atoms with van der Waals surface area (Å²) >= 11 is 0. The summed E-state index contributed by atoms with van der Waals surface area (Å²) in [5.74, 6) is 1.82. The van der Waals surface area contributed by atoms with Gasteiger partial charge < -0.3 is 4.57 Å². The molecule has 7 heteroatoms. The van der Waals surface area contributed by atoms with Gasteiger partial charge in [-0.2, -0.15) is 9.97 Å². The third-order valence-corrected chi connectivity index (χ3v) is 12.0. The van der Waals surface area contributed by atoms with E-state index in [0.29, 0.717) is 17.6 Å². The zero-order valence-electron chi connectivity index (χ0n) is 32.2. The van der Waals surface area contributed by atoms with Gasteiger partial charge in [0, 0.05) is 49.4 Å². The van der Waals surface area contributed by atoms with Gasteiger partial charge in [-0.15, -0.1) is 0 Å². The van der Waals surface area contributed by atoms with Crippen molar-refractivity contribution in [3.63, 3.8) is 0 Å². The third kappa shape index (κ3) is 4.68. The van der Waals surface area contributed by atoms with E-state index in [4.69, 9.17) is 15.0 Å². The predicted molar refractivity (Wildman–Crippen MR) is 245 cm³/mol. The fraction of sp³-hybridized carbons (Fsp3) is 0. The number of rotatable bonds is 5. The molecule has 8 aromatic carbocycles. The van der Waals surface area contributed by atoms with Gasteiger partial charge in [0.2, 0.25) is 5.95 Å². The van der Waals surface area contributed by atoms with Crippen LogP contribution in [-0.2, 0) is 0 Å². The first-order chi connectivity index (χ1) is 29.8. The SMILES string of the molecule is c1ccc(-c2nc(-c3ccccc3)nc(-n3c4ccccc4c4ccc5c(c6ccccc6n5-c5cccc(-n6c7ccccc7n7c8ccccc8cc67)c5)c43)n2)cc1. The van der Waals surface area contributed by atoms with E-state index < -0.39 is 0 Å². The summed E-state index contributed by atoms with van der Waals surface area (Å²) in [4.78, 5) is 15.6. The Kier molecular flexibility index (Phi) is 6.88. The fourth-order valence-corrected chi connectivity index (χ4v) is 9.46. The maximum absolute atomic E-state index is 5.26. The highest BCUT2D eigenvalue weighted by Crippen LogP contribution is 2.42. The van der Waals surface area contributed by atoms with Crippen LogP contribution in [0.4, 0.5) is 0 Å². The monoisotopic (exact) mass is 767 g/mol. The Labute approximate surface area is 343 Å². The first-order valence-corrected chi connectivity index (χ1v) is 20.2. The molecule has 280 valence electrons. The molecule has 7 nitrogen and oxygen atoms in total. The standard InChI is InChI=1S/C53H33N7/c1-3-16-34(17-4-1)51-54-52(35-18-5-2-6-19-35)56-53(55-51)60-43-26-11-8-23-39(43)40-30-31-47-49(50(40)60)41-24-9-12-27-44(41)57(47)37-21-15-22-38(33-37)58-45-28-13-14-29-46(45)59-42-25-10-7-20-36(42)32-48(58)59/h1-33H. The van der Waals surface area contributed by atoms with Crippen molar-refractivity contribution in [2.45, 2.75) is 0 Å². The van der Waals surface area contributed by atoms with Gasteiger partial charge in [-0.25, -0.2) is 4.98 Å². The minimum Gasteiger partial charge on any atom is -0.309 e. The molecule has 0 spiro atoms. The van der Waals surface area contributed by atoms with Crippen LogP contribution in [0.2, 0.25) is 0 Å². The minimum absolute atomic E-state index is 0.573. The molecule has 0 bridgehead atoms. The maximum Gasteiger partial charge on any atom is 0.238 e. The van der Waals surface area contributed by atoms with Crippen molar-refractivity contribution in [1.29, 1.82) is 0 Å². The van der Waals surface area contributed by atoms with E-state index in [2.05, 4.69) is 182 Å². The summed E-state index contributed by atoms with van der Waals surface area (Å²) in [6.45, 7) is 0. The van der Waals surface area contributed by atoms with E-state index >= 15 is 0 Å². The molecule has 0 N–H and O–H groups in total. The summed E-state index contributed by atoms with van der Waals surface area (Å²) in [5.41, 5.74) is 13.0. The van der Waals surface area contributed by atoms with Crippen LogP contribution in [-0.4, -0.2) is 33.1 Å². The van der Waals surface area contributed by atoms with Crippen molar-refractivity contribution in [3.8, 4) is 40.1 Å². The molecule has 0 amide bonds. The average molecular weight is 768 g/mol. The molecule has 13 aromatic rings. The number of fused-ring (bicyclic) bond motifs is 12. The minimum atomic E-state index is 0.573. The molecular weight excluding hydrogens is 735 g/mol. The number of nitrogens with zero attached hydrogens (tertiary/aromatic N) is 7. The fourth-order valence-electron chi connectivity index (χ4n) is 9.46. The second-order valence-corrected chi connectivity index (χ2v) is 15.3. The van der Waals surface area contributed by atoms with Crippen LogP contribution >= 0.6 is 0 Å². The Bertz CT molecular complexity index is 3770. The van der Waals surface area contributed by atoms with Gasteiger partial charge in [0.25, 0.3) is 0 Å². The van der Waals surface area contributed by atoms with Gasteiger partial charge >= 0.3 is 0 Å². The first kappa shape index (κ1) is 32.8. The highest BCUT2D eigenvalue weighted by molar-refractivity contribution is 6.26. The molecule has 0 aliphatic carbocycles. The zero-order chi connectivity index (χ0) is 39.3. The molecule has 0 radical (unpaired) electrons. The highest BCUT2D eigenvalue weighted by atomic mass is 15.2. The van der Waals surface area contributed by atoms with Crippen LogP contribution in [0.3, 0.4) is 0 Å². The predicted octanol–water partition coefficient (Wildman–Crippen LogP) is 12.7. The molecule has 0 aliphatic rings. The summed E-state index contributed by atoms with van der Waals surface area (Å²) in [7, 11) is 0. The lowest BCUT2D eigenvalue weighted by Gasteiger charge is -2.13. The quantitative estimate of drug-likeness (QED) is 0.175. The van der Waals surface area contributed by atoms with Crippen LogP contribution in [0.5, 0.6) is 0 Å². The molecule has 0 atom stereocenters. The Hall–Kier alpha value is -8.29. The topological polar surface area (TPSA) is 57.9 Å². The summed E-state index contributed by atoms with van der Waals surface area (Å²) in [6, 6.07) is 70.7. The van der Waals surface area contributed by atoms with Crippen molar-refractivity contribution in [2.75, 3.05) is 0 Å². The van der Waals surface area contributed by atoms with Gasteiger partial charge in [-0.1, -0.05) is 140 Å². The van der Waals surface area contributed by atoms with E-state index in [0.717, 1.165) is 77.3 Å². The molecule has 13 rings (SSSR count). The lowest BCUT2D eigenvalue weighted by atomic mass is 10.1. The van der Waals surface area contributed by atoms with Crippen LogP contribution in [0, 0.1) is 0 Å². The Balaban J connectivity index is 1.10. The van der Waals surface area contributed by atoms with Gasteiger partial charge in [0.15, 0.2) is 11.6 Å². The Morgan fingerprint density at radius 1 is 0.333 bits per heavy atom. The van der Waals surface area contributed by atoms with Crippen LogP contribution < -0.4 is 0 Å². The van der Waals surface area contributed by atoms with E-state index in [1.54, 1.807) is 0 Å². The Morgan fingerprint density at radius 3 is 1.62 bits per heavy atom. The normalized spacial score (nSPS) is 12.0. The average Bonchev–Trinajstić information content (AvgIpc) is 4.05. The first-order valence-electron chi connectivity index (χ1n) is 20.2. The molecule has 0 saturated heterocycles. The number of imidazole rings is 1. The molecule has 0 saturated carbocycles. The number of para-hydroxylation sites is 5. The second-order valence-electron chi connectivity index (χ2n) is 15.3. The molecule has 0 unspecified atom stereocenters. The molecule has 0 fully saturated rings. The summed E-state index contributed by atoms with van der Waals surface area (Å²) in [5, 5.41) is 5.78. The van der Waals surface area contributed by atoms with Gasteiger partial charge in [-0.05, 0) is 60.7 Å².